The topological polar surface area (TPSA) is 90.3 Å². The van der Waals surface area contributed by atoms with Gasteiger partial charge in [-0.2, -0.15) is 4.98 Å². The molecule has 0 bridgehead atoms. The Labute approximate surface area is 191 Å². The van der Waals surface area contributed by atoms with Crippen molar-refractivity contribution in [2.45, 2.75) is 25.0 Å². The minimum atomic E-state index is -0.437. The maximum Gasteiger partial charge on any atom is 0.255 e. The Bertz CT molecular complexity index is 1140. The lowest BCUT2D eigenvalue weighted by Crippen LogP contribution is -2.31. The maximum atomic E-state index is 13.4. The van der Waals surface area contributed by atoms with Crippen molar-refractivity contribution < 1.29 is 14.3 Å². The van der Waals surface area contributed by atoms with Crippen LogP contribution in [0.3, 0.4) is 0 Å². The van der Waals surface area contributed by atoms with Gasteiger partial charge in [0.2, 0.25) is 11.1 Å². The molecule has 2 N–H and O–H groups in total. The summed E-state index contributed by atoms with van der Waals surface area (Å²) in [5.41, 5.74) is 2.88. The van der Waals surface area contributed by atoms with Gasteiger partial charge in [-0.05, 0) is 62.1 Å². The van der Waals surface area contributed by atoms with E-state index in [2.05, 4.69) is 20.7 Å². The molecule has 2 heterocycles. The van der Waals surface area contributed by atoms with E-state index in [0.29, 0.717) is 29.0 Å². The van der Waals surface area contributed by atoms with Crippen molar-refractivity contribution in [3.63, 3.8) is 0 Å². The number of carbonyl (C=O) groups excluding carboxylic acids is 1. The molecule has 0 unspecified atom stereocenters. The summed E-state index contributed by atoms with van der Waals surface area (Å²) in [6.07, 6.45) is 1.92. The number of fused-ring (bicyclic) bond motifs is 1. The SMILES string of the molecule is CCOc1ccc([C@H]2C(C(=O)Nc3ccc(OC)cc3)=C(C)Nc3nc(SC)nn32)cc1. The van der Waals surface area contributed by atoms with Gasteiger partial charge in [0.05, 0.1) is 19.3 Å². The number of amides is 1. The molecule has 2 aromatic carbocycles. The zero-order chi connectivity index (χ0) is 22.7. The number of ether oxygens (including phenoxy) is 2. The van der Waals surface area contributed by atoms with Crippen molar-refractivity contribution >= 4 is 29.3 Å². The van der Waals surface area contributed by atoms with Gasteiger partial charge in [0.1, 0.15) is 17.5 Å². The number of anilines is 2. The van der Waals surface area contributed by atoms with E-state index in [1.807, 2.05) is 56.5 Å². The number of rotatable bonds is 7. The van der Waals surface area contributed by atoms with E-state index >= 15 is 0 Å². The molecule has 0 aliphatic carbocycles. The molecule has 9 heteroatoms. The number of nitrogens with zero attached hydrogens (tertiary/aromatic N) is 3. The summed E-state index contributed by atoms with van der Waals surface area (Å²) in [6, 6.07) is 14.5. The molecular weight excluding hydrogens is 426 g/mol. The quantitative estimate of drug-likeness (QED) is 0.517. The van der Waals surface area contributed by atoms with Crippen LogP contribution in [0.1, 0.15) is 25.5 Å². The van der Waals surface area contributed by atoms with Gasteiger partial charge in [0.25, 0.3) is 5.91 Å². The van der Waals surface area contributed by atoms with E-state index in [1.165, 1.54) is 11.8 Å². The largest absolute Gasteiger partial charge is 0.497 e. The number of benzene rings is 2. The number of hydrogen-bond donors (Lipinski definition) is 2. The van der Waals surface area contributed by atoms with Crippen molar-refractivity contribution in [2.24, 2.45) is 0 Å². The summed E-state index contributed by atoms with van der Waals surface area (Å²) in [7, 11) is 1.61. The summed E-state index contributed by atoms with van der Waals surface area (Å²) in [4.78, 5) is 18.0. The van der Waals surface area contributed by atoms with Crippen LogP contribution < -0.4 is 20.1 Å². The van der Waals surface area contributed by atoms with Crippen molar-refractivity contribution in [1.29, 1.82) is 0 Å². The van der Waals surface area contributed by atoms with E-state index in [1.54, 1.807) is 23.9 Å². The average Bonchev–Trinajstić information content (AvgIpc) is 3.22. The van der Waals surface area contributed by atoms with Gasteiger partial charge in [0.15, 0.2) is 0 Å². The summed E-state index contributed by atoms with van der Waals surface area (Å²) in [5.74, 6) is 1.89. The summed E-state index contributed by atoms with van der Waals surface area (Å²) in [5, 5.41) is 11.5. The number of thioether (sulfide) groups is 1. The normalized spacial score (nSPS) is 15.1. The zero-order valence-corrected chi connectivity index (χ0v) is 19.2. The predicted molar refractivity (Wildman–Crippen MR) is 125 cm³/mol. The molecule has 0 saturated carbocycles. The van der Waals surface area contributed by atoms with Gasteiger partial charge in [0, 0.05) is 11.4 Å². The molecular formula is C23H25N5O3S. The lowest BCUT2D eigenvalue weighted by atomic mass is 9.95. The van der Waals surface area contributed by atoms with Crippen LogP contribution in [0.25, 0.3) is 0 Å². The third kappa shape index (κ3) is 4.29. The van der Waals surface area contributed by atoms with Crippen molar-refractivity contribution in [1.82, 2.24) is 14.8 Å². The molecule has 1 aromatic heterocycles. The lowest BCUT2D eigenvalue weighted by Gasteiger charge is -2.28. The first kappa shape index (κ1) is 21.8. The van der Waals surface area contributed by atoms with Crippen LogP contribution in [-0.2, 0) is 4.79 Å². The fourth-order valence-corrected chi connectivity index (χ4v) is 3.95. The average molecular weight is 452 g/mol. The molecule has 1 atom stereocenters. The summed E-state index contributed by atoms with van der Waals surface area (Å²) < 4.78 is 12.5. The molecule has 0 spiro atoms. The van der Waals surface area contributed by atoms with Gasteiger partial charge in [-0.3, -0.25) is 4.79 Å². The Morgan fingerprint density at radius 1 is 1.16 bits per heavy atom. The monoisotopic (exact) mass is 451 g/mol. The first-order chi connectivity index (χ1) is 15.5. The van der Waals surface area contributed by atoms with Crippen LogP contribution >= 0.6 is 11.8 Å². The molecule has 166 valence electrons. The van der Waals surface area contributed by atoms with E-state index in [-0.39, 0.29) is 5.91 Å². The smallest absolute Gasteiger partial charge is 0.255 e. The summed E-state index contributed by atoms with van der Waals surface area (Å²) in [6.45, 7) is 4.41. The fourth-order valence-electron chi connectivity index (χ4n) is 3.61. The van der Waals surface area contributed by atoms with Crippen LogP contribution in [-0.4, -0.2) is 40.6 Å². The van der Waals surface area contributed by atoms with Crippen molar-refractivity contribution in [3.8, 4) is 11.5 Å². The Morgan fingerprint density at radius 2 is 1.84 bits per heavy atom. The molecule has 0 saturated heterocycles. The standard InChI is InChI=1S/C23H25N5O3S/c1-5-31-18-10-6-15(7-11-18)20-19(14(2)24-22-26-23(32-4)27-28(20)22)21(29)25-16-8-12-17(30-3)13-9-16/h6-13,20H,5H2,1-4H3,(H,25,29)(H,24,26,27)/t20-/m0/s1. The zero-order valence-electron chi connectivity index (χ0n) is 18.4. The highest BCUT2D eigenvalue weighted by molar-refractivity contribution is 7.98. The number of methoxy groups -OCH3 is 1. The first-order valence-corrected chi connectivity index (χ1v) is 11.4. The molecule has 32 heavy (non-hydrogen) atoms. The number of allylic oxidation sites excluding steroid dienone is 1. The van der Waals surface area contributed by atoms with Crippen LogP contribution in [0.15, 0.2) is 65.0 Å². The highest BCUT2D eigenvalue weighted by Gasteiger charge is 2.34. The maximum absolute atomic E-state index is 13.4. The molecule has 8 nitrogen and oxygen atoms in total. The Morgan fingerprint density at radius 3 is 2.47 bits per heavy atom. The molecule has 4 rings (SSSR count). The van der Waals surface area contributed by atoms with Gasteiger partial charge >= 0.3 is 0 Å². The third-order valence-electron chi connectivity index (χ3n) is 5.12. The molecule has 1 amide bonds. The second-order valence-corrected chi connectivity index (χ2v) is 7.89. The van der Waals surface area contributed by atoms with Gasteiger partial charge in [-0.1, -0.05) is 23.9 Å². The minimum absolute atomic E-state index is 0.217. The Kier molecular flexibility index (Phi) is 6.36. The Balaban J connectivity index is 1.72. The first-order valence-electron chi connectivity index (χ1n) is 10.2. The number of carbonyl (C=O) groups is 1. The Hall–Kier alpha value is -3.46. The van der Waals surface area contributed by atoms with Gasteiger partial charge in [-0.25, -0.2) is 4.68 Å². The van der Waals surface area contributed by atoms with Gasteiger partial charge in [-0.15, -0.1) is 5.10 Å². The van der Waals surface area contributed by atoms with Crippen molar-refractivity contribution in [2.75, 3.05) is 30.6 Å². The molecule has 0 radical (unpaired) electrons. The van der Waals surface area contributed by atoms with E-state index < -0.39 is 6.04 Å². The molecule has 3 aromatic rings. The van der Waals surface area contributed by atoms with E-state index in [9.17, 15) is 4.79 Å². The van der Waals surface area contributed by atoms with Crippen molar-refractivity contribution in [3.05, 3.63) is 65.4 Å². The fraction of sp³-hybridized carbons (Fsp3) is 0.261. The number of aromatic nitrogens is 3. The van der Waals surface area contributed by atoms with E-state index in [0.717, 1.165) is 22.8 Å². The van der Waals surface area contributed by atoms with E-state index in [4.69, 9.17) is 9.47 Å². The lowest BCUT2D eigenvalue weighted by molar-refractivity contribution is -0.113. The molecule has 1 aliphatic heterocycles. The number of nitrogens with one attached hydrogen (secondary N) is 2. The highest BCUT2D eigenvalue weighted by atomic mass is 32.2. The minimum Gasteiger partial charge on any atom is -0.497 e. The third-order valence-corrected chi connectivity index (χ3v) is 5.65. The van der Waals surface area contributed by atoms with Gasteiger partial charge < -0.3 is 20.1 Å². The second-order valence-electron chi connectivity index (χ2n) is 7.12. The van der Waals surface area contributed by atoms with Crippen LogP contribution in [0.2, 0.25) is 0 Å². The predicted octanol–water partition coefficient (Wildman–Crippen LogP) is 4.33. The van der Waals surface area contributed by atoms with Crippen LogP contribution in [0.5, 0.6) is 11.5 Å². The molecule has 0 fully saturated rings. The van der Waals surface area contributed by atoms with Crippen LogP contribution in [0, 0.1) is 0 Å². The summed E-state index contributed by atoms with van der Waals surface area (Å²) >= 11 is 1.45. The van der Waals surface area contributed by atoms with Crippen LogP contribution in [0.4, 0.5) is 11.6 Å². The number of hydrogen-bond acceptors (Lipinski definition) is 7. The second kappa shape index (κ2) is 9.35. The highest BCUT2D eigenvalue weighted by Crippen LogP contribution is 2.37. The molecule has 1 aliphatic rings.